The first-order valence-corrected chi connectivity index (χ1v) is 7.95. The minimum absolute atomic E-state index is 0.205. The third kappa shape index (κ3) is 4.40. The van der Waals surface area contributed by atoms with Crippen LogP contribution >= 0.6 is 27.3 Å². The van der Waals surface area contributed by atoms with Crippen LogP contribution in [-0.2, 0) is 12.8 Å². The van der Waals surface area contributed by atoms with Crippen LogP contribution in [0.1, 0.15) is 10.4 Å². The van der Waals surface area contributed by atoms with E-state index in [0.717, 1.165) is 28.9 Å². The number of benzene rings is 1. The molecule has 4 nitrogen and oxygen atoms in total. The first-order chi connectivity index (χ1) is 9.66. The molecule has 1 heterocycles. The lowest BCUT2D eigenvalue weighted by Crippen LogP contribution is -2.20. The molecule has 0 fully saturated rings. The van der Waals surface area contributed by atoms with E-state index in [0.29, 0.717) is 6.42 Å². The molecule has 0 bridgehead atoms. The van der Waals surface area contributed by atoms with Crippen LogP contribution in [0.25, 0.3) is 0 Å². The van der Waals surface area contributed by atoms with Crippen LogP contribution in [0.3, 0.4) is 0 Å². The van der Waals surface area contributed by atoms with Crippen LogP contribution < -0.4 is 5.32 Å². The lowest BCUT2D eigenvalue weighted by Gasteiger charge is -2.04. The first-order valence-electron chi connectivity index (χ1n) is 6.34. The zero-order chi connectivity index (χ0) is 14.4. The van der Waals surface area contributed by atoms with Crippen LogP contribution in [0.5, 0.6) is 0 Å². The Morgan fingerprint density at radius 3 is 2.60 bits per heavy atom. The van der Waals surface area contributed by atoms with Crippen molar-refractivity contribution in [2.24, 2.45) is 0 Å². The van der Waals surface area contributed by atoms with Gasteiger partial charge in [0, 0.05) is 16.5 Å². The van der Waals surface area contributed by atoms with Crippen molar-refractivity contribution in [3.8, 4) is 0 Å². The van der Waals surface area contributed by atoms with Crippen LogP contribution in [0.4, 0.5) is 5.69 Å². The quantitative estimate of drug-likeness (QED) is 0.467. The number of hydrogen-bond donors (Lipinski definition) is 1. The number of nitrogens with zero attached hydrogens (tertiary/aromatic N) is 1. The van der Waals surface area contributed by atoms with E-state index in [-0.39, 0.29) is 10.6 Å². The molecule has 1 aromatic heterocycles. The van der Waals surface area contributed by atoms with Gasteiger partial charge in [-0.3, -0.25) is 10.1 Å². The number of nitrogens with one attached hydrogen (secondary N) is 1. The number of rotatable bonds is 7. The lowest BCUT2D eigenvalue weighted by molar-refractivity contribution is -0.385. The molecule has 0 saturated carbocycles. The summed E-state index contributed by atoms with van der Waals surface area (Å²) in [7, 11) is 0. The molecule has 0 saturated heterocycles. The van der Waals surface area contributed by atoms with Gasteiger partial charge in [-0.25, -0.2) is 0 Å². The standard InChI is InChI=1S/C14H15BrN2O2S/c15-14-6-5-12(20-14)8-10-16-9-7-11-3-1-2-4-13(11)17(18)19/h1-6,16H,7-10H2. The molecule has 2 aromatic rings. The summed E-state index contributed by atoms with van der Waals surface area (Å²) in [6.07, 6.45) is 1.65. The van der Waals surface area contributed by atoms with E-state index in [1.54, 1.807) is 23.5 Å². The highest BCUT2D eigenvalue weighted by atomic mass is 79.9. The summed E-state index contributed by atoms with van der Waals surface area (Å²) in [6, 6.07) is 11.1. The molecule has 0 unspecified atom stereocenters. The maximum Gasteiger partial charge on any atom is 0.272 e. The van der Waals surface area contributed by atoms with Crippen LogP contribution in [-0.4, -0.2) is 18.0 Å². The molecule has 0 spiro atoms. The smallest absolute Gasteiger partial charge is 0.272 e. The average Bonchev–Trinajstić information content (AvgIpc) is 2.84. The van der Waals surface area contributed by atoms with Gasteiger partial charge in [0.15, 0.2) is 0 Å². The van der Waals surface area contributed by atoms with Crippen molar-refractivity contribution in [3.05, 3.63) is 60.7 Å². The molecule has 0 aliphatic rings. The fraction of sp³-hybridized carbons (Fsp3) is 0.286. The van der Waals surface area contributed by atoms with Gasteiger partial charge in [0.25, 0.3) is 5.69 Å². The summed E-state index contributed by atoms with van der Waals surface area (Å²) in [5, 5.41) is 14.2. The molecule has 1 aromatic carbocycles. The summed E-state index contributed by atoms with van der Waals surface area (Å²) < 4.78 is 1.15. The molecule has 0 aliphatic heterocycles. The molecule has 106 valence electrons. The molecular formula is C14H15BrN2O2S. The zero-order valence-corrected chi connectivity index (χ0v) is 13.2. The number of nitro groups is 1. The van der Waals surface area contributed by atoms with E-state index in [9.17, 15) is 10.1 Å². The predicted octanol–water partition coefficient (Wildman–Crippen LogP) is 3.79. The molecular weight excluding hydrogens is 340 g/mol. The predicted molar refractivity (Wildman–Crippen MR) is 85.4 cm³/mol. The van der Waals surface area contributed by atoms with Crippen LogP contribution in [0.2, 0.25) is 0 Å². The van der Waals surface area contributed by atoms with Gasteiger partial charge in [0.2, 0.25) is 0 Å². The summed E-state index contributed by atoms with van der Waals surface area (Å²) in [4.78, 5) is 11.9. The van der Waals surface area contributed by atoms with E-state index < -0.39 is 0 Å². The maximum atomic E-state index is 10.9. The van der Waals surface area contributed by atoms with E-state index in [1.165, 1.54) is 4.88 Å². The minimum Gasteiger partial charge on any atom is -0.316 e. The van der Waals surface area contributed by atoms with Gasteiger partial charge in [-0.15, -0.1) is 11.3 Å². The summed E-state index contributed by atoms with van der Waals surface area (Å²) in [5.41, 5.74) is 0.986. The Kier molecular flexibility index (Phi) is 5.70. The van der Waals surface area contributed by atoms with Crippen molar-refractivity contribution < 1.29 is 4.92 Å². The molecule has 0 amide bonds. The van der Waals surface area contributed by atoms with E-state index in [2.05, 4.69) is 27.3 Å². The highest BCUT2D eigenvalue weighted by Gasteiger charge is 2.11. The highest BCUT2D eigenvalue weighted by molar-refractivity contribution is 9.11. The van der Waals surface area contributed by atoms with Gasteiger partial charge >= 0.3 is 0 Å². The third-order valence-electron chi connectivity index (χ3n) is 2.94. The Labute approximate surface area is 130 Å². The van der Waals surface area contributed by atoms with Gasteiger partial charge in [0.1, 0.15) is 0 Å². The van der Waals surface area contributed by atoms with Gasteiger partial charge in [-0.05, 0) is 54.0 Å². The highest BCUT2D eigenvalue weighted by Crippen LogP contribution is 2.22. The van der Waals surface area contributed by atoms with E-state index in [4.69, 9.17) is 0 Å². The Morgan fingerprint density at radius 2 is 1.90 bits per heavy atom. The third-order valence-corrected chi connectivity index (χ3v) is 4.62. The number of halogens is 1. The van der Waals surface area contributed by atoms with Crippen molar-refractivity contribution >= 4 is 33.0 Å². The Hall–Kier alpha value is -1.24. The van der Waals surface area contributed by atoms with Gasteiger partial charge in [0.05, 0.1) is 8.71 Å². The Morgan fingerprint density at radius 1 is 1.15 bits per heavy atom. The maximum absolute atomic E-state index is 10.9. The molecule has 6 heteroatoms. The van der Waals surface area contributed by atoms with Crippen molar-refractivity contribution in [3.63, 3.8) is 0 Å². The largest absolute Gasteiger partial charge is 0.316 e. The molecule has 2 rings (SSSR count). The van der Waals surface area contributed by atoms with Crippen molar-refractivity contribution in [1.29, 1.82) is 0 Å². The van der Waals surface area contributed by atoms with Gasteiger partial charge < -0.3 is 5.32 Å². The normalized spacial score (nSPS) is 10.7. The van der Waals surface area contributed by atoms with Crippen LogP contribution in [0, 0.1) is 10.1 Å². The SMILES string of the molecule is O=[N+]([O-])c1ccccc1CCNCCc1ccc(Br)s1. The molecule has 0 radical (unpaired) electrons. The fourth-order valence-corrected chi connectivity index (χ4v) is 3.43. The number of thiophene rings is 1. The van der Waals surface area contributed by atoms with E-state index >= 15 is 0 Å². The second kappa shape index (κ2) is 7.52. The van der Waals surface area contributed by atoms with Crippen molar-refractivity contribution in [2.45, 2.75) is 12.8 Å². The molecule has 0 atom stereocenters. The zero-order valence-electron chi connectivity index (χ0n) is 10.8. The first kappa shape index (κ1) is 15.2. The Bertz CT molecular complexity index is 586. The second-order valence-electron chi connectivity index (χ2n) is 4.34. The number of para-hydroxylation sites is 1. The lowest BCUT2D eigenvalue weighted by atomic mass is 10.1. The summed E-state index contributed by atoms with van der Waals surface area (Å²) >= 11 is 5.18. The van der Waals surface area contributed by atoms with Gasteiger partial charge in [-0.2, -0.15) is 0 Å². The molecule has 20 heavy (non-hydrogen) atoms. The van der Waals surface area contributed by atoms with Crippen LogP contribution in [0.15, 0.2) is 40.2 Å². The van der Waals surface area contributed by atoms with Crippen molar-refractivity contribution in [1.82, 2.24) is 5.32 Å². The monoisotopic (exact) mass is 354 g/mol. The summed E-state index contributed by atoms with van der Waals surface area (Å²) in [6.45, 7) is 1.63. The molecule has 0 aliphatic carbocycles. The second-order valence-corrected chi connectivity index (χ2v) is 6.89. The Balaban J connectivity index is 1.75. The minimum atomic E-state index is -0.321. The fourth-order valence-electron chi connectivity index (χ4n) is 1.95. The van der Waals surface area contributed by atoms with Gasteiger partial charge in [-0.1, -0.05) is 18.2 Å². The summed E-state index contributed by atoms with van der Waals surface area (Å²) in [5.74, 6) is 0. The topological polar surface area (TPSA) is 55.2 Å². The van der Waals surface area contributed by atoms with E-state index in [1.807, 2.05) is 18.2 Å². The molecule has 1 N–H and O–H groups in total. The number of nitro benzene ring substituents is 1. The average molecular weight is 355 g/mol. The van der Waals surface area contributed by atoms with Crippen molar-refractivity contribution in [2.75, 3.05) is 13.1 Å². The number of hydrogen-bond acceptors (Lipinski definition) is 4.